The van der Waals surface area contributed by atoms with Crippen LogP contribution in [-0.2, 0) is 32.2 Å². The van der Waals surface area contributed by atoms with Gasteiger partial charge in [0.1, 0.15) is 11.4 Å². The number of amides is 4. The van der Waals surface area contributed by atoms with Gasteiger partial charge in [0, 0.05) is 36.8 Å². The summed E-state index contributed by atoms with van der Waals surface area (Å²) in [7, 11) is 0. The second kappa shape index (κ2) is 17.5. The van der Waals surface area contributed by atoms with Crippen LogP contribution in [0.2, 0.25) is 0 Å². The zero-order valence-electron chi connectivity index (χ0n) is 25.2. The molecular formula is C32H45FN4O6. The average Bonchev–Trinajstić information content (AvgIpc) is 3.45. The van der Waals surface area contributed by atoms with Crippen molar-refractivity contribution >= 4 is 23.5 Å². The highest BCUT2D eigenvalue weighted by Gasteiger charge is 2.26. The van der Waals surface area contributed by atoms with Crippen molar-refractivity contribution in [3.63, 3.8) is 0 Å². The second-order valence-electron chi connectivity index (χ2n) is 11.2. The minimum Gasteiger partial charge on any atom is -0.381 e. The quantitative estimate of drug-likeness (QED) is 0.273. The number of rotatable bonds is 12. The van der Waals surface area contributed by atoms with E-state index in [-0.39, 0.29) is 23.7 Å². The first-order valence-electron chi connectivity index (χ1n) is 15.0. The van der Waals surface area contributed by atoms with Gasteiger partial charge in [-0.3, -0.25) is 9.59 Å². The number of hydrogen-bond donors (Lipinski definition) is 4. The van der Waals surface area contributed by atoms with E-state index in [0.717, 1.165) is 36.9 Å². The van der Waals surface area contributed by atoms with Crippen LogP contribution in [0, 0.1) is 11.7 Å². The highest BCUT2D eigenvalue weighted by atomic mass is 19.1. The molecule has 0 spiro atoms. The molecule has 10 nitrogen and oxygen atoms in total. The first kappa shape index (κ1) is 34.0. The predicted molar refractivity (Wildman–Crippen MR) is 162 cm³/mol. The lowest BCUT2D eigenvalue weighted by molar-refractivity contribution is -0.136. The Bertz CT molecular complexity index is 1170. The number of aliphatic hydroxyl groups is 1. The predicted octanol–water partition coefficient (Wildman–Crippen LogP) is 3.98. The van der Waals surface area contributed by atoms with Crippen LogP contribution in [0.1, 0.15) is 57.1 Å². The van der Waals surface area contributed by atoms with Crippen LogP contribution in [0.5, 0.6) is 0 Å². The van der Waals surface area contributed by atoms with Crippen molar-refractivity contribution in [3.05, 3.63) is 65.5 Å². The fourth-order valence-electron chi connectivity index (χ4n) is 4.78. The van der Waals surface area contributed by atoms with Gasteiger partial charge in [0.2, 0.25) is 5.91 Å². The standard InChI is InChI=1S/C17H32N2O5.C15H13FN2O/c1-17(2,22)16(21)19-9-11-24-13-12-23-10-8-18-15(20)14-6-4-3-5-7-14;16-14-8-4-5-11-9-18(10-13(11)14)15(19)17-12-6-2-1-3-7-12/h14,22H,3-13H2,1-2H3,(H,18,20)(H,19,21);1-8H,9-10H2,(H,17,19). The Morgan fingerprint density at radius 1 is 0.884 bits per heavy atom. The summed E-state index contributed by atoms with van der Waals surface area (Å²) >= 11 is 0. The van der Waals surface area contributed by atoms with Crippen LogP contribution in [-0.4, -0.2) is 73.0 Å². The monoisotopic (exact) mass is 600 g/mol. The van der Waals surface area contributed by atoms with Crippen molar-refractivity contribution in [2.75, 3.05) is 44.8 Å². The van der Waals surface area contributed by atoms with E-state index < -0.39 is 11.5 Å². The number of nitrogens with zero attached hydrogens (tertiary/aromatic N) is 1. The Morgan fingerprint density at radius 3 is 2.16 bits per heavy atom. The molecule has 236 valence electrons. The van der Waals surface area contributed by atoms with Gasteiger partial charge in [0.25, 0.3) is 5.91 Å². The van der Waals surface area contributed by atoms with E-state index in [1.54, 1.807) is 11.0 Å². The van der Waals surface area contributed by atoms with Crippen LogP contribution in [0.3, 0.4) is 0 Å². The largest absolute Gasteiger partial charge is 0.381 e. The molecule has 0 radical (unpaired) electrons. The van der Waals surface area contributed by atoms with Crippen LogP contribution < -0.4 is 16.0 Å². The van der Waals surface area contributed by atoms with Crippen LogP contribution in [0.4, 0.5) is 14.9 Å². The summed E-state index contributed by atoms with van der Waals surface area (Å²) in [5.74, 6) is -0.332. The lowest BCUT2D eigenvalue weighted by atomic mass is 9.89. The molecule has 0 saturated heterocycles. The lowest BCUT2D eigenvalue weighted by Crippen LogP contribution is -2.43. The van der Waals surface area contributed by atoms with Gasteiger partial charge < -0.3 is 35.4 Å². The van der Waals surface area contributed by atoms with Crippen molar-refractivity contribution in [2.24, 2.45) is 5.92 Å². The van der Waals surface area contributed by atoms with Crippen molar-refractivity contribution < 1.29 is 33.4 Å². The molecule has 4 N–H and O–H groups in total. The Balaban J connectivity index is 0.000000241. The maximum absolute atomic E-state index is 13.6. The summed E-state index contributed by atoms with van der Waals surface area (Å²) in [5.41, 5.74) is 0.864. The van der Waals surface area contributed by atoms with E-state index in [9.17, 15) is 23.9 Å². The number of hydrogen-bond acceptors (Lipinski definition) is 6. The number of nitrogens with one attached hydrogen (secondary N) is 3. The van der Waals surface area contributed by atoms with Gasteiger partial charge in [0.15, 0.2) is 0 Å². The van der Waals surface area contributed by atoms with Crippen molar-refractivity contribution in [2.45, 2.75) is 64.6 Å². The van der Waals surface area contributed by atoms with E-state index in [2.05, 4.69) is 16.0 Å². The van der Waals surface area contributed by atoms with E-state index in [4.69, 9.17) is 9.47 Å². The Hall–Kier alpha value is -3.54. The molecule has 1 saturated carbocycles. The molecule has 11 heteroatoms. The number of carbonyl (C=O) groups is 3. The number of carbonyl (C=O) groups excluding carboxylic acids is 3. The van der Waals surface area contributed by atoms with Crippen molar-refractivity contribution in [1.29, 1.82) is 0 Å². The molecule has 4 rings (SSSR count). The molecular weight excluding hydrogens is 555 g/mol. The summed E-state index contributed by atoms with van der Waals surface area (Å²) < 4.78 is 24.3. The summed E-state index contributed by atoms with van der Waals surface area (Å²) in [6.45, 7) is 6.21. The number of halogens is 1. The molecule has 4 amide bonds. The SMILES string of the molecule is CC(C)(O)C(=O)NCCOCCOCCNC(=O)C1CCCCC1.O=C(Nc1ccccc1)N1Cc2cccc(F)c2C1. The van der Waals surface area contributed by atoms with Gasteiger partial charge in [-0.15, -0.1) is 0 Å². The van der Waals surface area contributed by atoms with Crippen LogP contribution >= 0.6 is 0 Å². The highest BCUT2D eigenvalue weighted by molar-refractivity contribution is 5.89. The maximum Gasteiger partial charge on any atom is 0.322 e. The molecule has 1 aliphatic carbocycles. The molecule has 1 fully saturated rings. The number of fused-ring (bicyclic) bond motifs is 1. The number of para-hydroxylation sites is 1. The summed E-state index contributed by atoms with van der Waals surface area (Å²) in [4.78, 5) is 36.9. The van der Waals surface area contributed by atoms with E-state index >= 15 is 0 Å². The second-order valence-corrected chi connectivity index (χ2v) is 11.2. The maximum atomic E-state index is 13.6. The molecule has 1 aliphatic heterocycles. The summed E-state index contributed by atoms with van der Waals surface area (Å²) in [5, 5.41) is 17.7. The van der Waals surface area contributed by atoms with Gasteiger partial charge in [-0.05, 0) is 50.5 Å². The average molecular weight is 601 g/mol. The van der Waals surface area contributed by atoms with Gasteiger partial charge >= 0.3 is 6.03 Å². The van der Waals surface area contributed by atoms with Gasteiger partial charge in [-0.2, -0.15) is 0 Å². The van der Waals surface area contributed by atoms with E-state index in [0.29, 0.717) is 58.2 Å². The molecule has 0 bridgehead atoms. The summed E-state index contributed by atoms with van der Waals surface area (Å²) in [6, 6.07) is 14.0. The van der Waals surface area contributed by atoms with Crippen molar-refractivity contribution in [3.8, 4) is 0 Å². The normalized spacial score (nSPS) is 14.7. The van der Waals surface area contributed by atoms with E-state index in [1.807, 2.05) is 36.4 Å². The number of anilines is 1. The number of benzene rings is 2. The molecule has 2 aromatic carbocycles. The molecule has 43 heavy (non-hydrogen) atoms. The van der Waals surface area contributed by atoms with Gasteiger partial charge in [-0.25, -0.2) is 9.18 Å². The molecule has 0 unspecified atom stereocenters. The third kappa shape index (κ3) is 11.9. The molecule has 0 atom stereocenters. The van der Waals surface area contributed by atoms with Crippen LogP contribution in [0.15, 0.2) is 48.5 Å². The lowest BCUT2D eigenvalue weighted by Gasteiger charge is -2.20. The Morgan fingerprint density at radius 2 is 1.53 bits per heavy atom. The van der Waals surface area contributed by atoms with Crippen LogP contribution in [0.25, 0.3) is 0 Å². The highest BCUT2D eigenvalue weighted by Crippen LogP contribution is 2.26. The zero-order valence-corrected chi connectivity index (χ0v) is 25.2. The molecule has 1 heterocycles. The molecule has 2 aromatic rings. The Kier molecular flexibility index (Phi) is 13.9. The van der Waals surface area contributed by atoms with Gasteiger partial charge in [0.05, 0.1) is 33.0 Å². The van der Waals surface area contributed by atoms with E-state index in [1.165, 1.54) is 26.3 Å². The van der Waals surface area contributed by atoms with Crippen molar-refractivity contribution in [1.82, 2.24) is 15.5 Å². The number of urea groups is 1. The zero-order chi connectivity index (χ0) is 31.1. The summed E-state index contributed by atoms with van der Waals surface area (Å²) in [6.07, 6.45) is 5.56. The topological polar surface area (TPSA) is 129 Å². The fourth-order valence-corrected chi connectivity index (χ4v) is 4.78. The van der Waals surface area contributed by atoms with Gasteiger partial charge in [-0.1, -0.05) is 49.6 Å². The third-order valence-corrected chi connectivity index (χ3v) is 7.22. The fraction of sp³-hybridized carbons (Fsp3) is 0.531. The minimum absolute atomic E-state index is 0.150. The minimum atomic E-state index is -1.37. The first-order chi connectivity index (χ1) is 20.6. The number of ether oxygens (including phenoxy) is 2. The third-order valence-electron chi connectivity index (χ3n) is 7.22. The Labute approximate surface area is 253 Å². The molecule has 2 aliphatic rings. The molecule has 0 aromatic heterocycles. The first-order valence-corrected chi connectivity index (χ1v) is 15.0. The smallest absolute Gasteiger partial charge is 0.322 e.